The van der Waals surface area contributed by atoms with Crippen molar-refractivity contribution in [3.05, 3.63) is 57.8 Å². The molecule has 0 bridgehead atoms. The monoisotopic (exact) mass is 322 g/mol. The van der Waals surface area contributed by atoms with Gasteiger partial charge < -0.3 is 11.1 Å². The normalized spacial score (nSPS) is 10.3. The van der Waals surface area contributed by atoms with E-state index in [2.05, 4.69) is 21.2 Å². The molecule has 3 N–H and O–H groups in total. The molecule has 0 aliphatic rings. The van der Waals surface area contributed by atoms with E-state index < -0.39 is 0 Å². The second-order valence-electron chi connectivity index (χ2n) is 4.15. The van der Waals surface area contributed by atoms with Crippen LogP contribution in [-0.4, -0.2) is 5.91 Å². The van der Waals surface area contributed by atoms with Crippen molar-refractivity contribution in [2.75, 3.05) is 11.1 Å². The molecule has 5 heteroatoms. The van der Waals surface area contributed by atoms with E-state index >= 15 is 0 Å². The average molecular weight is 323 g/mol. The summed E-state index contributed by atoms with van der Waals surface area (Å²) in [4.78, 5) is 12.0. The highest BCUT2D eigenvalue weighted by atomic mass is 79.9. The molecule has 0 aliphatic heterocycles. The summed E-state index contributed by atoms with van der Waals surface area (Å²) in [5.74, 6) is -0.628. The largest absolute Gasteiger partial charge is 0.398 e. The molecule has 0 aromatic heterocycles. The van der Waals surface area contributed by atoms with Crippen LogP contribution in [0.5, 0.6) is 0 Å². The summed E-state index contributed by atoms with van der Waals surface area (Å²) in [6.07, 6.45) is 0. The number of halogens is 2. The first-order chi connectivity index (χ1) is 8.97. The van der Waals surface area contributed by atoms with Crippen LogP contribution >= 0.6 is 15.9 Å². The molecular formula is C14H12BrFN2O. The van der Waals surface area contributed by atoms with Crippen molar-refractivity contribution >= 4 is 33.2 Å². The minimum Gasteiger partial charge on any atom is -0.398 e. The van der Waals surface area contributed by atoms with Gasteiger partial charge in [0.2, 0.25) is 0 Å². The highest BCUT2D eigenvalue weighted by molar-refractivity contribution is 9.10. The fourth-order valence-electron chi connectivity index (χ4n) is 1.66. The van der Waals surface area contributed by atoms with Crippen LogP contribution in [0.1, 0.15) is 15.9 Å². The Morgan fingerprint density at radius 2 is 2.00 bits per heavy atom. The second-order valence-corrected chi connectivity index (χ2v) is 5.07. The van der Waals surface area contributed by atoms with Crippen LogP contribution in [0.4, 0.5) is 15.8 Å². The highest BCUT2D eigenvalue weighted by Gasteiger charge is 2.10. The van der Waals surface area contributed by atoms with E-state index in [-0.39, 0.29) is 11.7 Å². The second kappa shape index (κ2) is 5.40. The molecule has 0 saturated heterocycles. The van der Waals surface area contributed by atoms with E-state index in [0.29, 0.717) is 22.5 Å². The third-order valence-electron chi connectivity index (χ3n) is 2.67. The number of carbonyl (C=O) groups is 1. The Morgan fingerprint density at radius 1 is 1.26 bits per heavy atom. The number of aryl methyl sites for hydroxylation is 1. The number of nitrogen functional groups attached to an aromatic ring is 1. The van der Waals surface area contributed by atoms with Gasteiger partial charge in [0, 0.05) is 15.8 Å². The number of nitrogens with two attached hydrogens (primary N) is 1. The molecule has 0 aliphatic carbocycles. The molecule has 0 heterocycles. The maximum absolute atomic E-state index is 13.1. The summed E-state index contributed by atoms with van der Waals surface area (Å²) in [5.41, 5.74) is 7.55. The number of rotatable bonds is 2. The molecule has 0 saturated carbocycles. The van der Waals surface area contributed by atoms with Gasteiger partial charge in [0.1, 0.15) is 5.82 Å². The van der Waals surface area contributed by atoms with E-state index in [9.17, 15) is 9.18 Å². The quantitative estimate of drug-likeness (QED) is 0.828. The van der Waals surface area contributed by atoms with Crippen molar-refractivity contribution in [2.45, 2.75) is 6.92 Å². The first-order valence-electron chi connectivity index (χ1n) is 5.60. The lowest BCUT2D eigenvalue weighted by Gasteiger charge is -2.08. The molecule has 0 spiro atoms. The minimum atomic E-state index is -0.323. The minimum absolute atomic E-state index is 0.304. The fourth-order valence-corrected chi connectivity index (χ4v) is 2.04. The molecule has 0 fully saturated rings. The molecule has 0 atom stereocenters. The Bertz CT molecular complexity index is 643. The number of hydrogen-bond acceptors (Lipinski definition) is 2. The van der Waals surface area contributed by atoms with Crippen LogP contribution in [0, 0.1) is 12.7 Å². The zero-order chi connectivity index (χ0) is 14.0. The smallest absolute Gasteiger partial charge is 0.257 e. The van der Waals surface area contributed by atoms with Crippen molar-refractivity contribution in [1.82, 2.24) is 0 Å². The Hall–Kier alpha value is -1.88. The van der Waals surface area contributed by atoms with Crippen LogP contribution in [0.3, 0.4) is 0 Å². The Kier molecular flexibility index (Phi) is 3.85. The highest BCUT2D eigenvalue weighted by Crippen LogP contribution is 2.20. The van der Waals surface area contributed by atoms with Crippen LogP contribution in [0.25, 0.3) is 0 Å². The van der Waals surface area contributed by atoms with Crippen LogP contribution in [0.2, 0.25) is 0 Å². The SMILES string of the molecule is Cc1cc(NC(=O)c2ccc(Br)cc2N)ccc1F. The van der Waals surface area contributed by atoms with Gasteiger partial charge in [-0.25, -0.2) is 4.39 Å². The van der Waals surface area contributed by atoms with Gasteiger partial charge in [-0.2, -0.15) is 0 Å². The Morgan fingerprint density at radius 3 is 2.63 bits per heavy atom. The van der Waals surface area contributed by atoms with Gasteiger partial charge >= 0.3 is 0 Å². The van der Waals surface area contributed by atoms with Crippen molar-refractivity contribution in [3.8, 4) is 0 Å². The summed E-state index contributed by atoms with van der Waals surface area (Å²) in [5, 5.41) is 2.69. The molecule has 2 aromatic rings. The lowest BCUT2D eigenvalue weighted by Crippen LogP contribution is -2.14. The molecule has 2 rings (SSSR count). The van der Waals surface area contributed by atoms with Crippen molar-refractivity contribution in [1.29, 1.82) is 0 Å². The first kappa shape index (κ1) is 13.5. The lowest BCUT2D eigenvalue weighted by molar-refractivity contribution is 0.102. The third kappa shape index (κ3) is 3.12. The maximum Gasteiger partial charge on any atom is 0.257 e. The summed E-state index contributed by atoms with van der Waals surface area (Å²) in [6.45, 7) is 1.64. The standard InChI is InChI=1S/C14H12BrFN2O/c1-8-6-10(3-5-12(8)16)18-14(19)11-4-2-9(15)7-13(11)17/h2-7H,17H2,1H3,(H,18,19). The molecule has 1 amide bonds. The topological polar surface area (TPSA) is 55.1 Å². The molecule has 3 nitrogen and oxygen atoms in total. The molecular weight excluding hydrogens is 311 g/mol. The van der Waals surface area contributed by atoms with Crippen molar-refractivity contribution in [2.24, 2.45) is 0 Å². The summed E-state index contributed by atoms with van der Waals surface area (Å²) in [6, 6.07) is 9.42. The number of hydrogen-bond donors (Lipinski definition) is 2. The van der Waals surface area contributed by atoms with E-state index in [1.807, 2.05) is 0 Å². The number of nitrogens with one attached hydrogen (secondary N) is 1. The number of anilines is 2. The van der Waals surface area contributed by atoms with E-state index in [1.54, 1.807) is 31.2 Å². The number of benzene rings is 2. The van der Waals surface area contributed by atoms with Gasteiger partial charge in [0.25, 0.3) is 5.91 Å². The summed E-state index contributed by atoms with van der Waals surface area (Å²) < 4.78 is 13.9. The van der Waals surface area contributed by atoms with Gasteiger partial charge in [-0.05, 0) is 48.9 Å². The third-order valence-corrected chi connectivity index (χ3v) is 3.17. The van der Waals surface area contributed by atoms with Crippen LogP contribution in [-0.2, 0) is 0 Å². The van der Waals surface area contributed by atoms with Gasteiger partial charge in [-0.1, -0.05) is 15.9 Å². The lowest BCUT2D eigenvalue weighted by atomic mass is 10.1. The first-order valence-corrected chi connectivity index (χ1v) is 6.39. The molecule has 98 valence electrons. The Balaban J connectivity index is 2.23. The fraction of sp³-hybridized carbons (Fsp3) is 0.0714. The maximum atomic E-state index is 13.1. The molecule has 2 aromatic carbocycles. The molecule has 0 radical (unpaired) electrons. The predicted molar refractivity (Wildman–Crippen MR) is 77.6 cm³/mol. The van der Waals surface area contributed by atoms with Crippen molar-refractivity contribution in [3.63, 3.8) is 0 Å². The van der Waals surface area contributed by atoms with E-state index in [1.165, 1.54) is 12.1 Å². The molecule has 19 heavy (non-hydrogen) atoms. The number of amides is 1. The van der Waals surface area contributed by atoms with Gasteiger partial charge in [0.15, 0.2) is 0 Å². The van der Waals surface area contributed by atoms with E-state index in [4.69, 9.17) is 5.73 Å². The van der Waals surface area contributed by atoms with Crippen LogP contribution in [0.15, 0.2) is 40.9 Å². The summed E-state index contributed by atoms with van der Waals surface area (Å²) in [7, 11) is 0. The van der Waals surface area contributed by atoms with Crippen LogP contribution < -0.4 is 11.1 Å². The zero-order valence-corrected chi connectivity index (χ0v) is 11.8. The molecule has 0 unspecified atom stereocenters. The number of carbonyl (C=O) groups excluding carboxylic acids is 1. The Labute approximate surface area is 118 Å². The van der Waals surface area contributed by atoms with Gasteiger partial charge in [-0.3, -0.25) is 4.79 Å². The van der Waals surface area contributed by atoms with Gasteiger partial charge in [-0.15, -0.1) is 0 Å². The summed E-state index contributed by atoms with van der Waals surface area (Å²) >= 11 is 3.28. The van der Waals surface area contributed by atoms with Crippen molar-refractivity contribution < 1.29 is 9.18 Å². The average Bonchev–Trinajstić information content (AvgIpc) is 2.33. The zero-order valence-electron chi connectivity index (χ0n) is 10.2. The predicted octanol–water partition coefficient (Wildman–Crippen LogP) is 3.73. The van der Waals surface area contributed by atoms with E-state index in [0.717, 1.165) is 4.47 Å². The van der Waals surface area contributed by atoms with Gasteiger partial charge in [0.05, 0.1) is 5.56 Å².